The highest BCUT2D eigenvalue weighted by Gasteiger charge is 2.41. The summed E-state index contributed by atoms with van der Waals surface area (Å²) in [5, 5.41) is 2.22. The molecule has 0 bridgehead atoms. The number of aromatic amines is 1. The average Bonchev–Trinajstić information content (AvgIpc) is 3.31. The minimum atomic E-state index is 0.0536. The van der Waals surface area contributed by atoms with Crippen molar-refractivity contribution in [2.45, 2.75) is 52.0 Å². The molecule has 1 amide bonds. The van der Waals surface area contributed by atoms with Crippen molar-refractivity contribution < 1.29 is 4.79 Å². The summed E-state index contributed by atoms with van der Waals surface area (Å²) in [5.74, 6) is 0.0812. The number of aromatic nitrogens is 2. The first-order valence-electron chi connectivity index (χ1n) is 10.6. The third kappa shape index (κ3) is 3.33. The molecule has 2 N–H and O–H groups in total. The van der Waals surface area contributed by atoms with Crippen molar-refractivity contribution in [2.75, 3.05) is 13.1 Å². The summed E-state index contributed by atoms with van der Waals surface area (Å²) >= 11 is 3.47. The van der Waals surface area contributed by atoms with Gasteiger partial charge < -0.3 is 9.88 Å². The van der Waals surface area contributed by atoms with E-state index in [1.165, 1.54) is 11.3 Å². The lowest BCUT2D eigenvalue weighted by Gasteiger charge is -2.43. The smallest absolute Gasteiger partial charge is 0.255 e. The Morgan fingerprint density at radius 2 is 2.03 bits per heavy atom. The minimum absolute atomic E-state index is 0.0536. The molecule has 5 rings (SSSR count). The lowest BCUT2D eigenvalue weighted by atomic mass is 9.68. The summed E-state index contributed by atoms with van der Waals surface area (Å²) in [5.41, 5.74) is 8.94. The number of halogens is 1. The highest BCUT2D eigenvalue weighted by molar-refractivity contribution is 9.10. The largest absolute Gasteiger partial charge is 0.359 e. The fourth-order valence-corrected chi connectivity index (χ4v) is 5.20. The number of allylic oxidation sites excluding steroid dienone is 2. The molecule has 1 fully saturated rings. The molecule has 2 aromatic rings. The van der Waals surface area contributed by atoms with Gasteiger partial charge in [-0.2, -0.15) is 0 Å². The number of nitrogens with zero attached hydrogens (tertiary/aromatic N) is 3. The van der Waals surface area contributed by atoms with E-state index in [0.29, 0.717) is 5.56 Å². The number of rotatable bonds is 1. The fraction of sp³-hybridized carbons (Fsp3) is 0.478. The van der Waals surface area contributed by atoms with Crippen molar-refractivity contribution in [3.8, 4) is 0 Å². The number of amides is 1. The van der Waals surface area contributed by atoms with E-state index < -0.39 is 0 Å². The molecule has 0 atom stereocenters. The number of fused-ring (bicyclic) bond motifs is 2. The Kier molecular flexibility index (Phi) is 4.51. The monoisotopic (exact) mass is 469 g/mol. The highest BCUT2D eigenvalue weighted by Crippen LogP contribution is 2.47. The number of likely N-dealkylation sites (tertiary alicyclic amines) is 1. The normalized spacial score (nSPS) is 20.8. The number of hydrazine groups is 1. The van der Waals surface area contributed by atoms with Gasteiger partial charge in [-0.15, -0.1) is 0 Å². The van der Waals surface area contributed by atoms with Crippen LogP contribution in [0.1, 0.15) is 56.8 Å². The van der Waals surface area contributed by atoms with Crippen LogP contribution in [0.15, 0.2) is 46.5 Å². The molecule has 0 unspecified atom stereocenters. The van der Waals surface area contributed by atoms with Gasteiger partial charge in [0.1, 0.15) is 5.52 Å². The lowest BCUT2D eigenvalue weighted by molar-refractivity contribution is 0.0575. The second-order valence-corrected chi connectivity index (χ2v) is 10.7. The second kappa shape index (κ2) is 6.87. The molecular formula is C23H28BrN5O. The maximum atomic E-state index is 13.1. The van der Waals surface area contributed by atoms with Crippen LogP contribution >= 0.6 is 15.9 Å². The summed E-state index contributed by atoms with van der Waals surface area (Å²) in [6.07, 6.45) is 12.4. The van der Waals surface area contributed by atoms with Crippen LogP contribution in [0.2, 0.25) is 0 Å². The van der Waals surface area contributed by atoms with Gasteiger partial charge >= 0.3 is 0 Å². The molecule has 1 aliphatic carbocycles. The van der Waals surface area contributed by atoms with E-state index in [1.54, 1.807) is 6.20 Å². The Balaban J connectivity index is 1.28. The number of piperidine rings is 1. The first-order valence-corrected chi connectivity index (χ1v) is 11.4. The van der Waals surface area contributed by atoms with Gasteiger partial charge in [0.15, 0.2) is 0 Å². The molecule has 7 heteroatoms. The van der Waals surface area contributed by atoms with Crippen LogP contribution in [0.3, 0.4) is 0 Å². The summed E-state index contributed by atoms with van der Waals surface area (Å²) in [4.78, 5) is 22.7. The van der Waals surface area contributed by atoms with Gasteiger partial charge in [-0.25, -0.2) is 0 Å². The van der Waals surface area contributed by atoms with Gasteiger partial charge in [0, 0.05) is 31.7 Å². The summed E-state index contributed by atoms with van der Waals surface area (Å²) in [7, 11) is 0. The molecule has 2 aromatic heterocycles. The molecule has 4 heterocycles. The first-order chi connectivity index (χ1) is 14.2. The molecule has 0 radical (unpaired) electrons. The van der Waals surface area contributed by atoms with Gasteiger partial charge in [0.2, 0.25) is 0 Å². The summed E-state index contributed by atoms with van der Waals surface area (Å²) in [6.45, 7) is 8.25. The number of nitrogens with one attached hydrogen (secondary N) is 2. The first kappa shape index (κ1) is 19.7. The third-order valence-corrected chi connectivity index (χ3v) is 7.33. The zero-order valence-electron chi connectivity index (χ0n) is 17.8. The molecule has 6 nitrogen and oxygen atoms in total. The quantitative estimate of drug-likeness (QED) is 0.633. The highest BCUT2D eigenvalue weighted by atomic mass is 79.9. The van der Waals surface area contributed by atoms with Crippen LogP contribution in [0, 0.1) is 5.41 Å². The van der Waals surface area contributed by atoms with E-state index >= 15 is 0 Å². The van der Waals surface area contributed by atoms with E-state index in [0.717, 1.165) is 54.3 Å². The van der Waals surface area contributed by atoms with Crippen LogP contribution in [-0.2, 0) is 0 Å². The molecule has 0 saturated carbocycles. The molecule has 30 heavy (non-hydrogen) atoms. The van der Waals surface area contributed by atoms with Crippen molar-refractivity contribution in [3.63, 3.8) is 0 Å². The van der Waals surface area contributed by atoms with Crippen LogP contribution in [0.4, 0.5) is 0 Å². The van der Waals surface area contributed by atoms with Gasteiger partial charge in [-0.3, -0.25) is 20.2 Å². The van der Waals surface area contributed by atoms with E-state index in [4.69, 9.17) is 0 Å². The Morgan fingerprint density at radius 1 is 1.27 bits per heavy atom. The van der Waals surface area contributed by atoms with Crippen molar-refractivity contribution in [1.29, 1.82) is 0 Å². The number of carbonyl (C=O) groups excluding carboxylic acids is 1. The van der Waals surface area contributed by atoms with E-state index in [-0.39, 0.29) is 16.9 Å². The number of hydrogen-bond donors (Lipinski definition) is 2. The number of hydrogen-bond acceptors (Lipinski definition) is 4. The van der Waals surface area contributed by atoms with Gasteiger partial charge in [0.05, 0.1) is 26.8 Å². The van der Waals surface area contributed by atoms with E-state index in [2.05, 4.69) is 69.4 Å². The van der Waals surface area contributed by atoms with Crippen molar-refractivity contribution in [3.05, 3.63) is 52.0 Å². The predicted octanol–water partition coefficient (Wildman–Crippen LogP) is 4.73. The Morgan fingerprint density at radius 3 is 2.77 bits per heavy atom. The molecule has 1 saturated heterocycles. The average molecular weight is 470 g/mol. The van der Waals surface area contributed by atoms with Gasteiger partial charge in [-0.05, 0) is 79.4 Å². The predicted molar refractivity (Wildman–Crippen MR) is 121 cm³/mol. The SMILES string of the molecule is CC(C)(C)N1C=C2CC3(CC=C2N1)CCN(C(=O)c1cnc2c(Br)c[nH]c2c1)CC3. The zero-order valence-corrected chi connectivity index (χ0v) is 19.3. The third-order valence-electron chi connectivity index (χ3n) is 6.73. The van der Waals surface area contributed by atoms with E-state index in [9.17, 15) is 4.79 Å². The van der Waals surface area contributed by atoms with Crippen molar-refractivity contribution in [2.24, 2.45) is 5.41 Å². The maximum absolute atomic E-state index is 13.1. The minimum Gasteiger partial charge on any atom is -0.359 e. The molecule has 0 aromatic carbocycles. The molecule has 3 aliphatic rings. The molecular weight excluding hydrogens is 442 g/mol. The summed E-state index contributed by atoms with van der Waals surface area (Å²) < 4.78 is 0.918. The Labute approximate surface area is 185 Å². The summed E-state index contributed by atoms with van der Waals surface area (Å²) in [6, 6.07) is 1.91. The van der Waals surface area contributed by atoms with Crippen LogP contribution in [-0.4, -0.2) is 44.4 Å². The Hall–Kier alpha value is -2.28. The van der Waals surface area contributed by atoms with Crippen molar-refractivity contribution >= 4 is 32.9 Å². The van der Waals surface area contributed by atoms with Gasteiger partial charge in [0.25, 0.3) is 5.91 Å². The fourth-order valence-electron chi connectivity index (χ4n) is 4.77. The van der Waals surface area contributed by atoms with Crippen molar-refractivity contribution in [1.82, 2.24) is 25.3 Å². The molecule has 1 spiro atoms. The number of carbonyl (C=O) groups is 1. The zero-order chi connectivity index (χ0) is 21.1. The molecule has 158 valence electrons. The number of pyridine rings is 1. The van der Waals surface area contributed by atoms with Crippen LogP contribution in [0.5, 0.6) is 0 Å². The molecule has 2 aliphatic heterocycles. The standard InChI is InChI=1S/C23H28BrN5O/c1-22(2,3)29-14-16-11-23(5-4-18(16)27-29)6-8-28(9-7-23)21(30)15-10-19-20(26-12-15)17(24)13-25-19/h4,10,12-14,25,27H,5-9,11H2,1-3H3. The van der Waals surface area contributed by atoms with Crippen LogP contribution in [0.25, 0.3) is 11.0 Å². The van der Waals surface area contributed by atoms with E-state index in [1.807, 2.05) is 17.2 Å². The lowest BCUT2D eigenvalue weighted by Crippen LogP contribution is -2.44. The maximum Gasteiger partial charge on any atom is 0.255 e. The Bertz CT molecular complexity index is 1070. The topological polar surface area (TPSA) is 64.3 Å². The van der Waals surface area contributed by atoms with Gasteiger partial charge in [-0.1, -0.05) is 6.08 Å². The van der Waals surface area contributed by atoms with Crippen LogP contribution < -0.4 is 5.43 Å². The number of H-pyrrole nitrogens is 1. The second-order valence-electron chi connectivity index (χ2n) is 9.85.